The molecule has 0 amide bonds. The van der Waals surface area contributed by atoms with Crippen LogP contribution in [0.5, 0.6) is 0 Å². The molecule has 1 aliphatic rings. The highest BCUT2D eigenvalue weighted by atomic mass is 19.1. The summed E-state index contributed by atoms with van der Waals surface area (Å²) in [6, 6.07) is 12.8. The van der Waals surface area contributed by atoms with E-state index >= 15 is 0 Å². The van der Waals surface area contributed by atoms with Crippen LogP contribution in [0.4, 0.5) is 8.78 Å². The molecule has 2 nitrogen and oxygen atoms in total. The summed E-state index contributed by atoms with van der Waals surface area (Å²) in [5.41, 5.74) is 3.55. The van der Waals surface area contributed by atoms with Crippen LogP contribution >= 0.6 is 0 Å². The van der Waals surface area contributed by atoms with Crippen LogP contribution in [0, 0.1) is 17.6 Å². The van der Waals surface area contributed by atoms with Crippen molar-refractivity contribution in [2.75, 3.05) is 0 Å². The second kappa shape index (κ2) is 5.61. The number of benzene rings is 2. The van der Waals surface area contributed by atoms with Crippen LogP contribution in [-0.4, -0.2) is 9.55 Å². The van der Waals surface area contributed by atoms with E-state index in [2.05, 4.69) is 9.55 Å². The van der Waals surface area contributed by atoms with Crippen molar-refractivity contribution < 1.29 is 8.78 Å². The van der Waals surface area contributed by atoms with Gasteiger partial charge in [0.25, 0.3) is 0 Å². The lowest BCUT2D eigenvalue weighted by atomic mass is 10.0. The Kier molecular flexibility index (Phi) is 3.45. The molecule has 1 heterocycles. The fourth-order valence-corrected chi connectivity index (χ4v) is 2.83. The average Bonchev–Trinajstić information content (AvgIpc) is 3.28. The molecule has 1 aromatic heterocycles. The van der Waals surface area contributed by atoms with Crippen LogP contribution in [0.1, 0.15) is 12.8 Å². The quantitative estimate of drug-likeness (QED) is 0.670. The maximum atomic E-state index is 13.3. The molecule has 0 atom stereocenters. The van der Waals surface area contributed by atoms with E-state index in [1.165, 1.54) is 37.1 Å². The third-order valence-electron chi connectivity index (χ3n) is 4.22. The Labute approximate surface area is 133 Å². The van der Waals surface area contributed by atoms with Gasteiger partial charge in [-0.3, -0.25) is 0 Å². The fourth-order valence-electron chi connectivity index (χ4n) is 2.83. The van der Waals surface area contributed by atoms with Gasteiger partial charge in [0.2, 0.25) is 0 Å². The first-order valence-corrected chi connectivity index (χ1v) is 7.78. The second-order valence-corrected chi connectivity index (χ2v) is 6.05. The molecular formula is C19H16F2N2. The number of aromatic nitrogens is 2. The van der Waals surface area contributed by atoms with E-state index in [0.29, 0.717) is 5.92 Å². The molecule has 4 heteroatoms. The van der Waals surface area contributed by atoms with E-state index in [0.717, 1.165) is 29.1 Å². The van der Waals surface area contributed by atoms with Crippen LogP contribution in [0.15, 0.2) is 54.9 Å². The van der Waals surface area contributed by atoms with Crippen LogP contribution in [0.3, 0.4) is 0 Å². The van der Waals surface area contributed by atoms with Gasteiger partial charge in [-0.15, -0.1) is 0 Å². The third-order valence-corrected chi connectivity index (χ3v) is 4.22. The molecule has 0 radical (unpaired) electrons. The first kappa shape index (κ1) is 14.1. The minimum atomic E-state index is -0.269. The molecule has 2 aromatic carbocycles. The van der Waals surface area contributed by atoms with E-state index in [-0.39, 0.29) is 11.6 Å². The van der Waals surface area contributed by atoms with Crippen molar-refractivity contribution in [2.45, 2.75) is 19.4 Å². The Morgan fingerprint density at radius 1 is 0.870 bits per heavy atom. The monoisotopic (exact) mass is 310 g/mol. The molecular weight excluding hydrogens is 294 g/mol. The lowest BCUT2D eigenvalue weighted by Crippen LogP contribution is -2.01. The zero-order valence-electron chi connectivity index (χ0n) is 12.5. The van der Waals surface area contributed by atoms with Gasteiger partial charge in [-0.25, -0.2) is 13.8 Å². The van der Waals surface area contributed by atoms with Crippen LogP contribution in [-0.2, 0) is 6.54 Å². The first-order chi connectivity index (χ1) is 11.2. The highest BCUT2D eigenvalue weighted by molar-refractivity contribution is 5.78. The van der Waals surface area contributed by atoms with Crippen molar-refractivity contribution in [1.82, 2.24) is 9.55 Å². The zero-order valence-corrected chi connectivity index (χ0v) is 12.5. The molecule has 4 rings (SSSR count). The van der Waals surface area contributed by atoms with Crippen LogP contribution in [0.2, 0.25) is 0 Å². The highest BCUT2D eigenvalue weighted by Crippen LogP contribution is 2.36. The van der Waals surface area contributed by atoms with Crippen molar-refractivity contribution >= 4 is 0 Å². The van der Waals surface area contributed by atoms with E-state index in [1.807, 2.05) is 6.33 Å². The Morgan fingerprint density at radius 2 is 1.43 bits per heavy atom. The summed E-state index contributed by atoms with van der Waals surface area (Å²) in [5, 5.41) is 0. The van der Waals surface area contributed by atoms with E-state index in [4.69, 9.17) is 0 Å². The summed E-state index contributed by atoms with van der Waals surface area (Å²) in [7, 11) is 0. The van der Waals surface area contributed by atoms with Crippen molar-refractivity contribution in [3.05, 3.63) is 66.5 Å². The molecule has 1 fully saturated rings. The maximum Gasteiger partial charge on any atom is 0.123 e. The Morgan fingerprint density at radius 3 is 2.00 bits per heavy atom. The molecule has 0 unspecified atom stereocenters. The normalized spacial score (nSPS) is 14.2. The average molecular weight is 310 g/mol. The molecule has 1 aliphatic carbocycles. The zero-order chi connectivity index (χ0) is 15.8. The Hall–Kier alpha value is -2.49. The van der Waals surface area contributed by atoms with Crippen LogP contribution < -0.4 is 0 Å². The van der Waals surface area contributed by atoms with Gasteiger partial charge >= 0.3 is 0 Å². The van der Waals surface area contributed by atoms with Crippen molar-refractivity contribution in [3.63, 3.8) is 0 Å². The summed E-state index contributed by atoms with van der Waals surface area (Å²) < 4.78 is 28.6. The third kappa shape index (κ3) is 2.89. The minimum absolute atomic E-state index is 0.259. The molecule has 3 aromatic rings. The summed E-state index contributed by atoms with van der Waals surface area (Å²) >= 11 is 0. The molecule has 0 bridgehead atoms. The summed E-state index contributed by atoms with van der Waals surface area (Å²) in [6.45, 7) is 0.918. The fraction of sp³-hybridized carbons (Fsp3) is 0.211. The second-order valence-electron chi connectivity index (χ2n) is 6.05. The van der Waals surface area contributed by atoms with Gasteiger partial charge in [0.1, 0.15) is 11.6 Å². The first-order valence-electron chi connectivity index (χ1n) is 7.78. The van der Waals surface area contributed by atoms with Crippen molar-refractivity contribution in [3.8, 4) is 22.5 Å². The molecule has 1 saturated carbocycles. The highest BCUT2D eigenvalue weighted by Gasteiger charge is 2.24. The maximum absolute atomic E-state index is 13.3. The van der Waals surface area contributed by atoms with Crippen molar-refractivity contribution in [2.24, 2.45) is 5.92 Å². The van der Waals surface area contributed by atoms with Gasteiger partial charge < -0.3 is 4.57 Å². The lowest BCUT2D eigenvalue weighted by molar-refractivity contribution is 0.625. The summed E-state index contributed by atoms with van der Waals surface area (Å²) in [5.74, 6) is 0.171. The SMILES string of the molecule is Fc1ccc(-c2ncn(CC3CC3)c2-c2ccc(F)cc2)cc1. The molecule has 0 saturated heterocycles. The number of halogens is 2. The predicted molar refractivity (Wildman–Crippen MR) is 85.7 cm³/mol. The van der Waals surface area contributed by atoms with E-state index < -0.39 is 0 Å². The topological polar surface area (TPSA) is 17.8 Å². The Bertz CT molecular complexity index is 816. The predicted octanol–water partition coefficient (Wildman–Crippen LogP) is 4.91. The molecule has 23 heavy (non-hydrogen) atoms. The van der Waals surface area contributed by atoms with Crippen LogP contribution in [0.25, 0.3) is 22.5 Å². The minimum Gasteiger partial charge on any atom is -0.330 e. The molecule has 0 spiro atoms. The number of imidazole rings is 1. The van der Waals surface area contributed by atoms with Gasteiger partial charge in [0, 0.05) is 17.7 Å². The largest absolute Gasteiger partial charge is 0.330 e. The van der Waals surface area contributed by atoms with E-state index in [9.17, 15) is 8.78 Å². The smallest absolute Gasteiger partial charge is 0.123 e. The van der Waals surface area contributed by atoms with E-state index in [1.54, 1.807) is 24.3 Å². The van der Waals surface area contributed by atoms with Gasteiger partial charge in [-0.1, -0.05) is 0 Å². The molecule has 0 N–H and O–H groups in total. The molecule has 116 valence electrons. The number of hydrogen-bond acceptors (Lipinski definition) is 1. The van der Waals surface area contributed by atoms with Gasteiger partial charge in [0.15, 0.2) is 0 Å². The van der Waals surface area contributed by atoms with Crippen molar-refractivity contribution in [1.29, 1.82) is 0 Å². The standard InChI is InChI=1S/C19H16F2N2/c20-16-7-3-14(4-8-16)18-19(15-5-9-17(21)10-6-15)23(12-22-18)11-13-1-2-13/h3-10,12-13H,1-2,11H2. The lowest BCUT2D eigenvalue weighted by Gasteiger charge is -2.10. The number of rotatable bonds is 4. The van der Waals surface area contributed by atoms with Gasteiger partial charge in [-0.05, 0) is 67.3 Å². The number of hydrogen-bond donors (Lipinski definition) is 0. The summed E-state index contributed by atoms with van der Waals surface area (Å²) in [4.78, 5) is 4.54. The van der Waals surface area contributed by atoms with Gasteiger partial charge in [-0.2, -0.15) is 0 Å². The number of nitrogens with zero attached hydrogens (tertiary/aromatic N) is 2. The Balaban J connectivity index is 1.83. The molecule has 0 aliphatic heterocycles. The summed E-state index contributed by atoms with van der Waals surface area (Å²) in [6.07, 6.45) is 4.32. The van der Waals surface area contributed by atoms with Gasteiger partial charge in [0.05, 0.1) is 17.7 Å².